The number of benzene rings is 1. The summed E-state index contributed by atoms with van der Waals surface area (Å²) in [7, 11) is 1.58. The number of nitrogen functional groups attached to an aromatic ring is 1. The summed E-state index contributed by atoms with van der Waals surface area (Å²) in [6.07, 6.45) is 1.74. The fourth-order valence-electron chi connectivity index (χ4n) is 1.61. The first kappa shape index (κ1) is 11.7. The highest BCUT2D eigenvalue weighted by Crippen LogP contribution is 2.32. The summed E-state index contributed by atoms with van der Waals surface area (Å²) in [6.45, 7) is 1.95. The van der Waals surface area contributed by atoms with Crippen molar-refractivity contribution in [2.75, 3.05) is 12.8 Å². The number of hydrogen-bond acceptors (Lipinski definition) is 3. The average molecular weight is 249 g/mol. The van der Waals surface area contributed by atoms with E-state index in [-0.39, 0.29) is 0 Å². The van der Waals surface area contributed by atoms with E-state index in [1.54, 1.807) is 19.4 Å². The van der Waals surface area contributed by atoms with Crippen LogP contribution < -0.4 is 10.5 Å². The Labute approximate surface area is 105 Å². The maximum Gasteiger partial charge on any atom is 0.138 e. The third-order valence-electron chi connectivity index (χ3n) is 2.63. The molecule has 2 rings (SSSR count). The molecule has 17 heavy (non-hydrogen) atoms. The van der Waals surface area contributed by atoms with E-state index in [0.29, 0.717) is 16.5 Å². The Morgan fingerprint density at radius 1 is 1.29 bits per heavy atom. The molecule has 0 aliphatic rings. The predicted octanol–water partition coefficient (Wildman–Crippen LogP) is 3.30. The van der Waals surface area contributed by atoms with Crippen LogP contribution in [-0.4, -0.2) is 12.1 Å². The van der Waals surface area contributed by atoms with E-state index in [4.69, 9.17) is 22.1 Å². The van der Waals surface area contributed by atoms with Crippen LogP contribution in [0, 0.1) is 6.92 Å². The summed E-state index contributed by atoms with van der Waals surface area (Å²) in [5.74, 6) is 0.617. The topological polar surface area (TPSA) is 48.1 Å². The number of aryl methyl sites for hydroxylation is 1. The van der Waals surface area contributed by atoms with Crippen LogP contribution in [0.1, 0.15) is 5.56 Å². The molecule has 1 heterocycles. The molecule has 0 spiro atoms. The molecule has 2 aromatic rings. The average Bonchev–Trinajstić information content (AvgIpc) is 2.34. The monoisotopic (exact) mass is 248 g/mol. The summed E-state index contributed by atoms with van der Waals surface area (Å²) in [5, 5.41) is 0.572. The van der Waals surface area contributed by atoms with Gasteiger partial charge >= 0.3 is 0 Å². The number of anilines is 1. The van der Waals surface area contributed by atoms with Crippen LogP contribution >= 0.6 is 11.6 Å². The first-order valence-corrected chi connectivity index (χ1v) is 5.56. The lowest BCUT2D eigenvalue weighted by atomic mass is 10.1. The third kappa shape index (κ3) is 2.19. The summed E-state index contributed by atoms with van der Waals surface area (Å²) >= 11 is 5.98. The van der Waals surface area contributed by atoms with Gasteiger partial charge in [0.1, 0.15) is 5.75 Å². The van der Waals surface area contributed by atoms with E-state index in [0.717, 1.165) is 16.8 Å². The smallest absolute Gasteiger partial charge is 0.138 e. The summed E-state index contributed by atoms with van der Waals surface area (Å²) in [4.78, 5) is 4.29. The second-order valence-corrected chi connectivity index (χ2v) is 4.15. The van der Waals surface area contributed by atoms with E-state index in [1.807, 2.05) is 25.1 Å². The number of halogens is 1. The maximum absolute atomic E-state index is 6.01. The van der Waals surface area contributed by atoms with Crippen LogP contribution in [0.25, 0.3) is 11.3 Å². The van der Waals surface area contributed by atoms with E-state index in [9.17, 15) is 0 Å². The van der Waals surface area contributed by atoms with Gasteiger partial charge in [0, 0.05) is 11.8 Å². The third-order valence-corrected chi connectivity index (χ3v) is 2.94. The van der Waals surface area contributed by atoms with Gasteiger partial charge in [0.05, 0.1) is 23.5 Å². The van der Waals surface area contributed by atoms with Crippen LogP contribution in [0.4, 0.5) is 5.69 Å². The fraction of sp³-hybridized carbons (Fsp3) is 0.154. The molecule has 0 atom stereocenters. The molecule has 0 amide bonds. The van der Waals surface area contributed by atoms with Crippen molar-refractivity contribution in [1.29, 1.82) is 0 Å². The lowest BCUT2D eigenvalue weighted by Crippen LogP contribution is -1.96. The summed E-state index contributed by atoms with van der Waals surface area (Å²) in [6, 6.07) is 7.37. The molecule has 0 unspecified atom stereocenters. The second-order valence-electron chi connectivity index (χ2n) is 3.74. The highest BCUT2D eigenvalue weighted by atomic mass is 35.5. The molecule has 3 nitrogen and oxygen atoms in total. The van der Waals surface area contributed by atoms with E-state index in [2.05, 4.69) is 4.98 Å². The molecule has 0 aliphatic carbocycles. The number of ether oxygens (including phenoxy) is 1. The molecule has 1 aromatic heterocycles. The minimum atomic E-state index is 0.572. The largest absolute Gasteiger partial charge is 0.495 e. The molecule has 2 N–H and O–H groups in total. The van der Waals surface area contributed by atoms with Crippen molar-refractivity contribution in [3.63, 3.8) is 0 Å². The fourth-order valence-corrected chi connectivity index (χ4v) is 1.80. The highest BCUT2D eigenvalue weighted by Gasteiger charge is 2.09. The van der Waals surface area contributed by atoms with Crippen molar-refractivity contribution in [1.82, 2.24) is 4.98 Å². The first-order chi connectivity index (χ1) is 8.13. The molecule has 4 heteroatoms. The van der Waals surface area contributed by atoms with Gasteiger partial charge in [0.15, 0.2) is 0 Å². The zero-order valence-corrected chi connectivity index (χ0v) is 10.5. The minimum absolute atomic E-state index is 0.572. The van der Waals surface area contributed by atoms with Crippen molar-refractivity contribution >= 4 is 17.3 Å². The molecule has 88 valence electrons. The Kier molecular flexibility index (Phi) is 3.20. The Morgan fingerprint density at radius 2 is 2.06 bits per heavy atom. The van der Waals surface area contributed by atoms with Crippen molar-refractivity contribution in [3.05, 3.63) is 41.0 Å². The SMILES string of the molecule is COc1cc(-c2nccc(C)c2N)ccc1Cl. The molecule has 0 aliphatic heterocycles. The van der Waals surface area contributed by atoms with Gasteiger partial charge in [-0.3, -0.25) is 4.98 Å². The number of nitrogens with zero attached hydrogens (tertiary/aromatic N) is 1. The Balaban J connectivity index is 2.57. The second kappa shape index (κ2) is 4.63. The molecule has 0 bridgehead atoms. The zero-order valence-electron chi connectivity index (χ0n) is 9.70. The Bertz CT molecular complexity index is 555. The number of methoxy groups -OCH3 is 1. The van der Waals surface area contributed by atoms with Gasteiger partial charge in [-0.05, 0) is 30.7 Å². The van der Waals surface area contributed by atoms with Gasteiger partial charge in [-0.15, -0.1) is 0 Å². The van der Waals surface area contributed by atoms with Crippen LogP contribution in [0.15, 0.2) is 30.5 Å². The van der Waals surface area contributed by atoms with E-state index < -0.39 is 0 Å². The number of aromatic nitrogens is 1. The lowest BCUT2D eigenvalue weighted by Gasteiger charge is -2.09. The quantitative estimate of drug-likeness (QED) is 0.887. The summed E-state index contributed by atoms with van der Waals surface area (Å²) < 4.78 is 5.18. The van der Waals surface area contributed by atoms with Crippen LogP contribution in [0.3, 0.4) is 0 Å². The van der Waals surface area contributed by atoms with Crippen molar-refractivity contribution in [3.8, 4) is 17.0 Å². The molecule has 0 saturated heterocycles. The standard InChI is InChI=1S/C13H13ClN2O/c1-8-5-6-16-13(12(8)15)9-3-4-10(14)11(7-9)17-2/h3-7H,15H2,1-2H3. The Hall–Kier alpha value is -1.74. The first-order valence-electron chi connectivity index (χ1n) is 5.18. The van der Waals surface area contributed by atoms with Gasteiger partial charge < -0.3 is 10.5 Å². The molecular weight excluding hydrogens is 236 g/mol. The molecule has 0 saturated carbocycles. The lowest BCUT2D eigenvalue weighted by molar-refractivity contribution is 0.415. The van der Waals surface area contributed by atoms with Crippen LogP contribution in [0.5, 0.6) is 5.75 Å². The zero-order chi connectivity index (χ0) is 12.4. The van der Waals surface area contributed by atoms with Gasteiger partial charge in [-0.2, -0.15) is 0 Å². The number of pyridine rings is 1. The van der Waals surface area contributed by atoms with Gasteiger partial charge in [-0.25, -0.2) is 0 Å². The van der Waals surface area contributed by atoms with Crippen LogP contribution in [0.2, 0.25) is 5.02 Å². The molecule has 0 fully saturated rings. The normalized spacial score (nSPS) is 10.3. The van der Waals surface area contributed by atoms with Gasteiger partial charge in [0.25, 0.3) is 0 Å². The summed E-state index contributed by atoms with van der Waals surface area (Å²) in [5.41, 5.74) is 9.33. The molecule has 1 aromatic carbocycles. The highest BCUT2D eigenvalue weighted by molar-refractivity contribution is 6.32. The molecule has 0 radical (unpaired) electrons. The van der Waals surface area contributed by atoms with E-state index in [1.165, 1.54) is 0 Å². The van der Waals surface area contributed by atoms with Crippen molar-refractivity contribution in [2.45, 2.75) is 6.92 Å². The van der Waals surface area contributed by atoms with Gasteiger partial charge in [0.2, 0.25) is 0 Å². The molecular formula is C13H13ClN2O. The number of nitrogens with two attached hydrogens (primary N) is 1. The predicted molar refractivity (Wildman–Crippen MR) is 70.4 cm³/mol. The number of hydrogen-bond donors (Lipinski definition) is 1. The van der Waals surface area contributed by atoms with Crippen molar-refractivity contribution < 1.29 is 4.74 Å². The van der Waals surface area contributed by atoms with E-state index >= 15 is 0 Å². The number of rotatable bonds is 2. The van der Waals surface area contributed by atoms with Crippen LogP contribution in [-0.2, 0) is 0 Å². The van der Waals surface area contributed by atoms with Crippen molar-refractivity contribution in [2.24, 2.45) is 0 Å². The Morgan fingerprint density at radius 3 is 2.76 bits per heavy atom. The minimum Gasteiger partial charge on any atom is -0.495 e. The van der Waals surface area contributed by atoms with Gasteiger partial charge in [-0.1, -0.05) is 17.7 Å². The maximum atomic E-state index is 6.01.